The zero-order chi connectivity index (χ0) is 18.1. The van der Waals surface area contributed by atoms with Gasteiger partial charge >= 0.3 is 5.97 Å². The summed E-state index contributed by atoms with van der Waals surface area (Å²) in [5.74, 6) is -0.238. The quantitative estimate of drug-likeness (QED) is 0.684. The molecule has 0 radical (unpaired) electrons. The third kappa shape index (κ3) is 6.60. The topological polar surface area (TPSA) is 75.6 Å². The molecular formula is C19H29NO4. The monoisotopic (exact) mass is 335 g/mol. The second-order valence-corrected chi connectivity index (χ2v) is 6.43. The summed E-state index contributed by atoms with van der Waals surface area (Å²) in [6, 6.07) is 4.99. The minimum Gasteiger partial charge on any atom is -0.493 e. The van der Waals surface area contributed by atoms with Crippen molar-refractivity contribution < 1.29 is 19.4 Å². The molecule has 0 spiro atoms. The van der Waals surface area contributed by atoms with E-state index in [1.807, 2.05) is 0 Å². The molecule has 1 aromatic rings. The van der Waals surface area contributed by atoms with Crippen LogP contribution >= 0.6 is 0 Å². The first-order chi connectivity index (χ1) is 11.4. The lowest BCUT2D eigenvalue weighted by Crippen LogP contribution is -2.36. The Balaban J connectivity index is 2.78. The highest BCUT2D eigenvalue weighted by Crippen LogP contribution is 2.21. The van der Waals surface area contributed by atoms with Crippen molar-refractivity contribution in [3.8, 4) is 5.75 Å². The summed E-state index contributed by atoms with van der Waals surface area (Å²) in [7, 11) is 0. The lowest BCUT2D eigenvalue weighted by molar-refractivity contribution is -0.121. The SMILES string of the molecule is CCC[C@H](CC(C)C)NC(=O)Cc1ccc(C(=O)O)c(OCC)c1. The van der Waals surface area contributed by atoms with Crippen LogP contribution in [0.25, 0.3) is 0 Å². The van der Waals surface area contributed by atoms with Crippen LogP contribution in [0.2, 0.25) is 0 Å². The van der Waals surface area contributed by atoms with Crippen LogP contribution in [0.1, 0.15) is 62.9 Å². The summed E-state index contributed by atoms with van der Waals surface area (Å²) in [5.41, 5.74) is 0.866. The van der Waals surface area contributed by atoms with Crippen molar-refractivity contribution >= 4 is 11.9 Å². The van der Waals surface area contributed by atoms with Crippen molar-refractivity contribution in [2.45, 2.75) is 59.4 Å². The normalized spacial score (nSPS) is 12.0. The summed E-state index contributed by atoms with van der Waals surface area (Å²) in [4.78, 5) is 23.5. The molecular weight excluding hydrogens is 306 g/mol. The average Bonchev–Trinajstić information content (AvgIpc) is 2.46. The summed E-state index contributed by atoms with van der Waals surface area (Å²) >= 11 is 0. The number of amides is 1. The van der Waals surface area contributed by atoms with Gasteiger partial charge < -0.3 is 15.2 Å². The third-order valence-corrected chi connectivity index (χ3v) is 3.70. The van der Waals surface area contributed by atoms with E-state index in [2.05, 4.69) is 26.1 Å². The Kier molecular flexibility index (Phi) is 8.30. The number of carbonyl (C=O) groups is 2. The van der Waals surface area contributed by atoms with E-state index < -0.39 is 5.97 Å². The first-order valence-corrected chi connectivity index (χ1v) is 8.65. The molecule has 0 heterocycles. The summed E-state index contributed by atoms with van der Waals surface area (Å²) in [6.07, 6.45) is 3.17. The molecule has 0 saturated heterocycles. The van der Waals surface area contributed by atoms with Crippen LogP contribution in [0.5, 0.6) is 5.75 Å². The van der Waals surface area contributed by atoms with E-state index in [4.69, 9.17) is 9.84 Å². The number of ether oxygens (including phenoxy) is 1. The second kappa shape index (κ2) is 9.96. The lowest BCUT2D eigenvalue weighted by atomic mass is 9.99. The first-order valence-electron chi connectivity index (χ1n) is 8.65. The number of carboxylic acid groups (broad SMARTS) is 1. The van der Waals surface area contributed by atoms with Gasteiger partial charge in [-0.2, -0.15) is 0 Å². The van der Waals surface area contributed by atoms with Gasteiger partial charge in [0.15, 0.2) is 0 Å². The van der Waals surface area contributed by atoms with Gasteiger partial charge in [0.2, 0.25) is 5.91 Å². The van der Waals surface area contributed by atoms with Gasteiger partial charge in [0.1, 0.15) is 11.3 Å². The molecule has 24 heavy (non-hydrogen) atoms. The molecule has 0 unspecified atom stereocenters. The van der Waals surface area contributed by atoms with Gasteiger partial charge in [-0.1, -0.05) is 33.3 Å². The van der Waals surface area contributed by atoms with Gasteiger partial charge in [0.05, 0.1) is 13.0 Å². The van der Waals surface area contributed by atoms with Gasteiger partial charge in [0, 0.05) is 6.04 Å². The number of hydrogen-bond donors (Lipinski definition) is 2. The van der Waals surface area contributed by atoms with E-state index in [-0.39, 0.29) is 23.9 Å². The number of nitrogens with one attached hydrogen (secondary N) is 1. The van der Waals surface area contributed by atoms with Crippen LogP contribution in [-0.4, -0.2) is 29.6 Å². The molecule has 0 fully saturated rings. The van der Waals surface area contributed by atoms with E-state index in [9.17, 15) is 9.59 Å². The fraction of sp³-hybridized carbons (Fsp3) is 0.579. The maximum Gasteiger partial charge on any atom is 0.339 e. The van der Waals surface area contributed by atoms with Gasteiger partial charge in [-0.15, -0.1) is 0 Å². The minimum absolute atomic E-state index is 0.0420. The smallest absolute Gasteiger partial charge is 0.339 e. The second-order valence-electron chi connectivity index (χ2n) is 6.43. The Hall–Kier alpha value is -2.04. The number of carboxylic acids is 1. The number of carbonyl (C=O) groups excluding carboxylic acids is 1. The number of benzene rings is 1. The van der Waals surface area contributed by atoms with Crippen LogP contribution < -0.4 is 10.1 Å². The molecule has 5 heteroatoms. The molecule has 0 aliphatic rings. The molecule has 2 N–H and O–H groups in total. The standard InChI is InChI=1S/C19H29NO4/c1-5-7-15(10-13(3)4)20-18(21)12-14-8-9-16(19(22)23)17(11-14)24-6-2/h8-9,11,13,15H,5-7,10,12H2,1-4H3,(H,20,21)(H,22,23)/t15-/m1/s1. The van der Waals surface area contributed by atoms with Crippen molar-refractivity contribution in [3.05, 3.63) is 29.3 Å². The Bertz CT molecular complexity index is 554. The highest BCUT2D eigenvalue weighted by Gasteiger charge is 2.16. The van der Waals surface area contributed by atoms with Crippen LogP contribution in [0.15, 0.2) is 18.2 Å². The Morgan fingerprint density at radius 3 is 2.50 bits per heavy atom. The van der Waals surface area contributed by atoms with Crippen molar-refractivity contribution in [2.75, 3.05) is 6.61 Å². The van der Waals surface area contributed by atoms with Crippen molar-refractivity contribution in [1.82, 2.24) is 5.32 Å². The molecule has 0 aliphatic heterocycles. The zero-order valence-corrected chi connectivity index (χ0v) is 15.1. The van der Waals surface area contributed by atoms with Crippen molar-refractivity contribution in [3.63, 3.8) is 0 Å². The highest BCUT2D eigenvalue weighted by molar-refractivity contribution is 5.91. The maximum absolute atomic E-state index is 12.3. The third-order valence-electron chi connectivity index (χ3n) is 3.70. The molecule has 0 aliphatic carbocycles. The van der Waals surface area contributed by atoms with E-state index in [0.717, 1.165) is 24.8 Å². The van der Waals surface area contributed by atoms with Crippen LogP contribution in [0.3, 0.4) is 0 Å². The minimum atomic E-state index is -1.03. The molecule has 1 atom stereocenters. The molecule has 1 rings (SSSR count). The molecule has 0 bridgehead atoms. The van der Waals surface area contributed by atoms with Crippen LogP contribution in [0.4, 0.5) is 0 Å². The van der Waals surface area contributed by atoms with Crippen LogP contribution in [-0.2, 0) is 11.2 Å². The number of aromatic carboxylic acids is 1. The average molecular weight is 335 g/mol. The predicted molar refractivity (Wildman–Crippen MR) is 94.6 cm³/mol. The first kappa shape index (κ1) is 20.0. The Morgan fingerprint density at radius 2 is 1.96 bits per heavy atom. The predicted octanol–water partition coefficient (Wildman–Crippen LogP) is 3.66. The largest absolute Gasteiger partial charge is 0.493 e. The molecule has 134 valence electrons. The van der Waals surface area contributed by atoms with Crippen molar-refractivity contribution in [1.29, 1.82) is 0 Å². The Labute approximate surface area is 144 Å². The molecule has 0 saturated carbocycles. The lowest BCUT2D eigenvalue weighted by Gasteiger charge is -2.20. The summed E-state index contributed by atoms with van der Waals surface area (Å²) < 4.78 is 5.38. The fourth-order valence-electron chi connectivity index (χ4n) is 2.76. The van der Waals surface area contributed by atoms with E-state index in [1.54, 1.807) is 19.1 Å². The number of rotatable bonds is 10. The molecule has 1 aromatic carbocycles. The molecule has 1 amide bonds. The molecule has 5 nitrogen and oxygen atoms in total. The molecule has 0 aromatic heterocycles. The van der Waals surface area contributed by atoms with E-state index in [1.165, 1.54) is 6.07 Å². The van der Waals surface area contributed by atoms with Gasteiger partial charge in [-0.3, -0.25) is 4.79 Å². The van der Waals surface area contributed by atoms with E-state index >= 15 is 0 Å². The van der Waals surface area contributed by atoms with Crippen LogP contribution in [0, 0.1) is 5.92 Å². The zero-order valence-electron chi connectivity index (χ0n) is 15.1. The van der Waals surface area contributed by atoms with Crippen molar-refractivity contribution in [2.24, 2.45) is 5.92 Å². The van der Waals surface area contributed by atoms with Gasteiger partial charge in [-0.25, -0.2) is 4.79 Å². The fourth-order valence-corrected chi connectivity index (χ4v) is 2.76. The summed E-state index contributed by atoms with van der Waals surface area (Å²) in [6.45, 7) is 8.58. The highest BCUT2D eigenvalue weighted by atomic mass is 16.5. The Morgan fingerprint density at radius 1 is 1.25 bits per heavy atom. The summed E-state index contributed by atoms with van der Waals surface area (Å²) in [5, 5.41) is 12.3. The number of hydrogen-bond acceptors (Lipinski definition) is 3. The van der Waals surface area contributed by atoms with Gasteiger partial charge in [-0.05, 0) is 43.4 Å². The van der Waals surface area contributed by atoms with E-state index in [0.29, 0.717) is 18.3 Å². The van der Waals surface area contributed by atoms with Gasteiger partial charge in [0.25, 0.3) is 0 Å². The maximum atomic E-state index is 12.3.